The molecule has 0 aromatic carbocycles. The van der Waals surface area contributed by atoms with Crippen molar-refractivity contribution in [3.63, 3.8) is 0 Å². The highest BCUT2D eigenvalue weighted by Gasteiger charge is 2.48. The molecule has 0 atom stereocenters. The zero-order chi connectivity index (χ0) is 14.9. The molecule has 0 unspecified atom stereocenters. The van der Waals surface area contributed by atoms with Gasteiger partial charge in [-0.2, -0.15) is 8.78 Å². The zero-order valence-corrected chi connectivity index (χ0v) is 11.8. The monoisotopic (exact) mass is 299 g/mol. The van der Waals surface area contributed by atoms with E-state index in [-0.39, 0.29) is 12.1 Å². The molecule has 1 amide bonds. The first kappa shape index (κ1) is 14.3. The van der Waals surface area contributed by atoms with E-state index in [9.17, 15) is 13.6 Å². The zero-order valence-electron chi connectivity index (χ0n) is 11.8. The molecule has 2 saturated carbocycles. The Morgan fingerprint density at radius 3 is 2.43 bits per heavy atom. The van der Waals surface area contributed by atoms with Gasteiger partial charge < -0.3 is 5.32 Å². The number of carbonyl (C=O) groups excluding carboxylic acids is 1. The molecule has 2 aliphatic rings. The van der Waals surface area contributed by atoms with E-state index < -0.39 is 17.7 Å². The Morgan fingerprint density at radius 2 is 1.76 bits per heavy atom. The van der Waals surface area contributed by atoms with Gasteiger partial charge in [0, 0.05) is 6.04 Å². The third-order valence-electron chi connectivity index (χ3n) is 4.42. The Kier molecular flexibility index (Phi) is 3.86. The fraction of sp³-hybridized carbons (Fsp3) is 0.846. The van der Waals surface area contributed by atoms with Crippen LogP contribution in [0.25, 0.3) is 0 Å². The summed E-state index contributed by atoms with van der Waals surface area (Å²) in [6, 6.07) is -0.278. The fourth-order valence-electron chi connectivity index (χ4n) is 3.24. The van der Waals surface area contributed by atoms with Gasteiger partial charge in [0.1, 0.15) is 0 Å². The van der Waals surface area contributed by atoms with Gasteiger partial charge in [-0.05, 0) is 36.1 Å². The average molecular weight is 299 g/mol. The Morgan fingerprint density at radius 1 is 1.14 bits per heavy atom. The number of aromatic nitrogens is 4. The van der Waals surface area contributed by atoms with E-state index in [1.165, 1.54) is 0 Å². The van der Waals surface area contributed by atoms with Crippen LogP contribution in [-0.4, -0.2) is 32.2 Å². The van der Waals surface area contributed by atoms with Gasteiger partial charge in [0.05, 0.1) is 6.04 Å². The second-order valence-electron chi connectivity index (χ2n) is 5.91. The number of nitrogens with zero attached hydrogens (tertiary/aromatic N) is 4. The summed E-state index contributed by atoms with van der Waals surface area (Å²) in [6.07, 6.45) is 6.96. The van der Waals surface area contributed by atoms with Gasteiger partial charge in [0.2, 0.25) is 5.82 Å². The molecule has 0 bridgehead atoms. The van der Waals surface area contributed by atoms with Crippen LogP contribution in [0, 0.1) is 0 Å². The first-order chi connectivity index (χ1) is 10.1. The van der Waals surface area contributed by atoms with Crippen molar-refractivity contribution < 1.29 is 13.6 Å². The highest BCUT2D eigenvalue weighted by atomic mass is 19.3. The smallest absolute Gasteiger partial charge is 0.348 e. The van der Waals surface area contributed by atoms with Gasteiger partial charge in [-0.25, -0.2) is 4.68 Å². The maximum Gasteiger partial charge on any atom is 0.384 e. The number of rotatable bonds is 4. The minimum Gasteiger partial charge on any atom is -0.348 e. The molecule has 116 valence electrons. The molecule has 1 aromatic heterocycles. The third-order valence-corrected chi connectivity index (χ3v) is 4.42. The molecule has 0 saturated heterocycles. The van der Waals surface area contributed by atoms with E-state index in [0.29, 0.717) is 0 Å². The van der Waals surface area contributed by atoms with Crippen LogP contribution in [0.2, 0.25) is 0 Å². The standard InChI is InChI=1S/C13H19F2N5O/c14-13(15,12(21)16-9-5-1-2-6-9)11-17-18-19-20(11)10-7-3-4-8-10/h9-10H,1-8H2,(H,16,21). The number of hydrogen-bond donors (Lipinski definition) is 1. The van der Waals surface area contributed by atoms with Crippen LogP contribution in [0.1, 0.15) is 63.2 Å². The first-order valence-corrected chi connectivity index (χ1v) is 7.56. The van der Waals surface area contributed by atoms with Crippen molar-refractivity contribution in [1.29, 1.82) is 0 Å². The number of halogens is 2. The van der Waals surface area contributed by atoms with Crippen molar-refractivity contribution in [2.24, 2.45) is 0 Å². The van der Waals surface area contributed by atoms with Crippen LogP contribution in [-0.2, 0) is 10.7 Å². The lowest BCUT2D eigenvalue weighted by molar-refractivity contribution is -0.149. The van der Waals surface area contributed by atoms with Gasteiger partial charge in [-0.15, -0.1) is 5.10 Å². The molecule has 0 aliphatic heterocycles. The predicted octanol–water partition coefficient (Wildman–Crippen LogP) is 1.94. The molecule has 0 spiro atoms. The van der Waals surface area contributed by atoms with Crippen molar-refractivity contribution in [1.82, 2.24) is 25.5 Å². The highest BCUT2D eigenvalue weighted by molar-refractivity contribution is 5.84. The van der Waals surface area contributed by atoms with E-state index in [4.69, 9.17) is 0 Å². The number of nitrogens with one attached hydrogen (secondary N) is 1. The molecule has 2 fully saturated rings. The number of hydrogen-bond acceptors (Lipinski definition) is 4. The Bertz CT molecular complexity index is 506. The van der Waals surface area contributed by atoms with Crippen molar-refractivity contribution >= 4 is 5.91 Å². The van der Waals surface area contributed by atoms with Gasteiger partial charge in [0.25, 0.3) is 5.91 Å². The molecule has 0 radical (unpaired) electrons. The normalized spacial score (nSPS) is 21.0. The molecule has 1 N–H and O–H groups in total. The minimum absolute atomic E-state index is 0.125. The van der Waals surface area contributed by atoms with Gasteiger partial charge in [-0.3, -0.25) is 4.79 Å². The summed E-state index contributed by atoms with van der Waals surface area (Å²) in [5.74, 6) is -5.61. The van der Waals surface area contributed by atoms with Gasteiger partial charge >= 0.3 is 5.92 Å². The van der Waals surface area contributed by atoms with Crippen LogP contribution in [0.5, 0.6) is 0 Å². The van der Waals surface area contributed by atoms with Crippen molar-refractivity contribution in [3.8, 4) is 0 Å². The summed E-state index contributed by atoms with van der Waals surface area (Å²) in [5.41, 5.74) is 0. The third kappa shape index (κ3) is 2.75. The number of alkyl halides is 2. The average Bonchev–Trinajstić information content (AvgIpc) is 3.20. The summed E-state index contributed by atoms with van der Waals surface area (Å²) in [6.45, 7) is 0. The van der Waals surface area contributed by atoms with Crippen molar-refractivity contribution in [2.45, 2.75) is 69.4 Å². The lowest BCUT2D eigenvalue weighted by Crippen LogP contribution is -2.44. The van der Waals surface area contributed by atoms with Gasteiger partial charge in [-0.1, -0.05) is 25.7 Å². The number of amides is 1. The molecule has 2 aliphatic carbocycles. The Labute approximate surface area is 121 Å². The minimum atomic E-state index is -3.69. The summed E-state index contributed by atoms with van der Waals surface area (Å²) in [5, 5.41) is 12.9. The molecular weight excluding hydrogens is 280 g/mol. The maximum absolute atomic E-state index is 14.4. The summed E-state index contributed by atoms with van der Waals surface area (Å²) < 4.78 is 29.9. The molecule has 8 heteroatoms. The highest BCUT2D eigenvalue weighted by Crippen LogP contribution is 2.34. The number of tetrazole rings is 1. The van der Waals surface area contributed by atoms with E-state index in [2.05, 4.69) is 20.8 Å². The number of carbonyl (C=O) groups is 1. The largest absolute Gasteiger partial charge is 0.384 e. The summed E-state index contributed by atoms with van der Waals surface area (Å²) in [7, 11) is 0. The fourth-order valence-corrected chi connectivity index (χ4v) is 3.24. The summed E-state index contributed by atoms with van der Waals surface area (Å²) in [4.78, 5) is 11.9. The van der Waals surface area contributed by atoms with Crippen LogP contribution in [0.15, 0.2) is 0 Å². The van der Waals surface area contributed by atoms with E-state index >= 15 is 0 Å². The van der Waals surface area contributed by atoms with Crippen molar-refractivity contribution in [2.75, 3.05) is 0 Å². The Balaban J connectivity index is 1.77. The predicted molar refractivity (Wildman–Crippen MR) is 69.6 cm³/mol. The van der Waals surface area contributed by atoms with Crippen LogP contribution in [0.3, 0.4) is 0 Å². The molecule has 3 rings (SSSR count). The van der Waals surface area contributed by atoms with Gasteiger partial charge in [0.15, 0.2) is 0 Å². The molecule has 1 heterocycles. The lowest BCUT2D eigenvalue weighted by Gasteiger charge is -2.20. The molecule has 21 heavy (non-hydrogen) atoms. The SMILES string of the molecule is O=C(NC1CCCC1)C(F)(F)c1nnnn1C1CCCC1. The van der Waals surface area contributed by atoms with E-state index in [1.54, 1.807) is 0 Å². The molecule has 1 aromatic rings. The quantitative estimate of drug-likeness (QED) is 0.922. The second-order valence-corrected chi connectivity index (χ2v) is 5.91. The van der Waals surface area contributed by atoms with Crippen LogP contribution >= 0.6 is 0 Å². The van der Waals surface area contributed by atoms with E-state index in [0.717, 1.165) is 56.0 Å². The Hall–Kier alpha value is -1.60. The topological polar surface area (TPSA) is 72.7 Å². The summed E-state index contributed by atoms with van der Waals surface area (Å²) >= 11 is 0. The maximum atomic E-state index is 14.4. The van der Waals surface area contributed by atoms with E-state index in [1.807, 2.05) is 0 Å². The van der Waals surface area contributed by atoms with Crippen LogP contribution in [0.4, 0.5) is 8.78 Å². The second kappa shape index (κ2) is 5.65. The van der Waals surface area contributed by atoms with Crippen LogP contribution < -0.4 is 5.32 Å². The molecule has 6 nitrogen and oxygen atoms in total. The van der Waals surface area contributed by atoms with Crippen molar-refractivity contribution in [3.05, 3.63) is 5.82 Å². The lowest BCUT2D eigenvalue weighted by atomic mass is 10.2. The molecular formula is C13H19F2N5O. The first-order valence-electron chi connectivity index (χ1n) is 7.56.